The molecule has 5 nitrogen and oxygen atoms in total. The predicted molar refractivity (Wildman–Crippen MR) is 98.3 cm³/mol. The lowest BCUT2D eigenvalue weighted by Crippen LogP contribution is -2.06. The van der Waals surface area contributed by atoms with Gasteiger partial charge in [0.25, 0.3) is 0 Å². The Morgan fingerprint density at radius 3 is 2.41 bits per heavy atom. The van der Waals surface area contributed by atoms with Crippen molar-refractivity contribution in [3.63, 3.8) is 0 Å². The SMILES string of the molecule is COc1ccc(-c2ccc(C(=O)OCc3ccc(F)cc3)cn2)c(OC)c1. The number of halogens is 1. The van der Waals surface area contributed by atoms with Crippen LogP contribution < -0.4 is 9.47 Å². The number of benzene rings is 2. The molecule has 1 heterocycles. The van der Waals surface area contributed by atoms with Gasteiger partial charge in [-0.05, 0) is 42.0 Å². The van der Waals surface area contributed by atoms with Crippen molar-refractivity contribution in [3.8, 4) is 22.8 Å². The minimum atomic E-state index is -0.500. The summed E-state index contributed by atoms with van der Waals surface area (Å²) in [6.07, 6.45) is 1.45. The summed E-state index contributed by atoms with van der Waals surface area (Å²) in [6, 6.07) is 14.6. The van der Waals surface area contributed by atoms with E-state index >= 15 is 0 Å². The predicted octanol–water partition coefficient (Wildman–Crippen LogP) is 4.26. The van der Waals surface area contributed by atoms with Crippen LogP contribution in [-0.4, -0.2) is 25.2 Å². The fourth-order valence-corrected chi connectivity index (χ4v) is 2.50. The molecule has 2 aromatic carbocycles. The Bertz CT molecular complexity index is 924. The Hall–Kier alpha value is -3.41. The van der Waals surface area contributed by atoms with Gasteiger partial charge in [-0.15, -0.1) is 0 Å². The first-order valence-corrected chi connectivity index (χ1v) is 8.20. The number of aromatic nitrogens is 1. The maximum absolute atomic E-state index is 12.9. The zero-order valence-corrected chi connectivity index (χ0v) is 14.9. The highest BCUT2D eigenvalue weighted by molar-refractivity contribution is 5.89. The third-order valence-corrected chi connectivity index (χ3v) is 3.97. The number of hydrogen-bond donors (Lipinski definition) is 0. The van der Waals surface area contributed by atoms with Gasteiger partial charge in [0.2, 0.25) is 0 Å². The second-order valence-corrected chi connectivity index (χ2v) is 5.70. The van der Waals surface area contributed by atoms with Gasteiger partial charge in [0.1, 0.15) is 23.9 Å². The molecule has 6 heteroatoms. The van der Waals surface area contributed by atoms with Gasteiger partial charge < -0.3 is 14.2 Å². The van der Waals surface area contributed by atoms with Crippen LogP contribution in [0.3, 0.4) is 0 Å². The third kappa shape index (κ3) is 4.41. The van der Waals surface area contributed by atoms with Gasteiger partial charge in [-0.3, -0.25) is 4.98 Å². The number of rotatable bonds is 6. The van der Waals surface area contributed by atoms with E-state index in [4.69, 9.17) is 14.2 Å². The summed E-state index contributed by atoms with van der Waals surface area (Å²) in [6.45, 7) is 0.0627. The van der Waals surface area contributed by atoms with Crippen LogP contribution in [0.2, 0.25) is 0 Å². The molecule has 0 atom stereocenters. The number of hydrogen-bond acceptors (Lipinski definition) is 5. The van der Waals surface area contributed by atoms with Crippen molar-refractivity contribution in [2.24, 2.45) is 0 Å². The molecule has 3 aromatic rings. The highest BCUT2D eigenvalue weighted by atomic mass is 19.1. The Labute approximate surface area is 156 Å². The van der Waals surface area contributed by atoms with Gasteiger partial charge in [-0.2, -0.15) is 0 Å². The van der Waals surface area contributed by atoms with Crippen molar-refractivity contribution >= 4 is 5.97 Å². The number of carbonyl (C=O) groups excluding carboxylic acids is 1. The van der Waals surface area contributed by atoms with Gasteiger partial charge in [-0.1, -0.05) is 12.1 Å². The summed E-state index contributed by atoms with van der Waals surface area (Å²) < 4.78 is 28.7. The maximum atomic E-state index is 12.9. The van der Waals surface area contributed by atoms with Crippen LogP contribution in [0, 0.1) is 5.82 Å². The molecule has 0 aliphatic rings. The van der Waals surface area contributed by atoms with E-state index in [1.165, 1.54) is 18.3 Å². The molecule has 138 valence electrons. The molecular formula is C21H18FNO4. The molecule has 3 rings (SSSR count). The van der Waals surface area contributed by atoms with Gasteiger partial charge in [-0.25, -0.2) is 9.18 Å². The van der Waals surface area contributed by atoms with E-state index in [2.05, 4.69) is 4.98 Å². The van der Waals surface area contributed by atoms with E-state index in [9.17, 15) is 9.18 Å². The van der Waals surface area contributed by atoms with Crippen molar-refractivity contribution < 1.29 is 23.4 Å². The van der Waals surface area contributed by atoms with E-state index in [1.807, 2.05) is 12.1 Å². The lowest BCUT2D eigenvalue weighted by atomic mass is 10.1. The third-order valence-electron chi connectivity index (χ3n) is 3.97. The Kier molecular flexibility index (Phi) is 5.66. The Morgan fingerprint density at radius 1 is 1.00 bits per heavy atom. The summed E-state index contributed by atoms with van der Waals surface area (Å²) in [5.41, 5.74) is 2.47. The van der Waals surface area contributed by atoms with Crippen molar-refractivity contribution in [3.05, 3.63) is 77.7 Å². The largest absolute Gasteiger partial charge is 0.497 e. The minimum Gasteiger partial charge on any atom is -0.497 e. The average molecular weight is 367 g/mol. The van der Waals surface area contributed by atoms with Crippen LogP contribution in [0.4, 0.5) is 4.39 Å². The number of methoxy groups -OCH3 is 2. The van der Waals surface area contributed by atoms with E-state index < -0.39 is 5.97 Å². The molecule has 1 aromatic heterocycles. The van der Waals surface area contributed by atoms with Gasteiger partial charge in [0.15, 0.2) is 0 Å². The summed E-state index contributed by atoms with van der Waals surface area (Å²) in [5.74, 6) is 0.462. The van der Waals surface area contributed by atoms with Crippen molar-refractivity contribution in [1.82, 2.24) is 4.98 Å². The first-order chi connectivity index (χ1) is 13.1. The highest BCUT2D eigenvalue weighted by Gasteiger charge is 2.12. The highest BCUT2D eigenvalue weighted by Crippen LogP contribution is 2.32. The molecular weight excluding hydrogens is 349 g/mol. The van der Waals surface area contributed by atoms with Crippen LogP contribution in [0.25, 0.3) is 11.3 Å². The van der Waals surface area contributed by atoms with E-state index in [1.54, 1.807) is 44.6 Å². The number of ether oxygens (including phenoxy) is 3. The zero-order chi connectivity index (χ0) is 19.2. The fraction of sp³-hybridized carbons (Fsp3) is 0.143. The molecule has 0 fully saturated rings. The van der Waals surface area contributed by atoms with Crippen LogP contribution in [-0.2, 0) is 11.3 Å². The van der Waals surface area contributed by atoms with Crippen LogP contribution >= 0.6 is 0 Å². The minimum absolute atomic E-state index is 0.0627. The fourth-order valence-electron chi connectivity index (χ4n) is 2.50. The molecule has 0 aliphatic heterocycles. The van der Waals surface area contributed by atoms with Crippen LogP contribution in [0.15, 0.2) is 60.8 Å². The van der Waals surface area contributed by atoms with Gasteiger partial charge in [0, 0.05) is 17.8 Å². The van der Waals surface area contributed by atoms with Gasteiger partial charge >= 0.3 is 5.97 Å². The molecule has 0 saturated heterocycles. The smallest absolute Gasteiger partial charge is 0.340 e. The second-order valence-electron chi connectivity index (χ2n) is 5.70. The van der Waals surface area contributed by atoms with Crippen molar-refractivity contribution in [2.45, 2.75) is 6.61 Å². The second kappa shape index (κ2) is 8.31. The molecule has 27 heavy (non-hydrogen) atoms. The van der Waals surface area contributed by atoms with Crippen molar-refractivity contribution in [1.29, 1.82) is 0 Å². The molecule has 0 amide bonds. The summed E-state index contributed by atoms with van der Waals surface area (Å²) in [4.78, 5) is 16.5. The molecule has 0 spiro atoms. The van der Waals surface area contributed by atoms with Crippen LogP contribution in [0.1, 0.15) is 15.9 Å². The summed E-state index contributed by atoms with van der Waals surface area (Å²) in [5, 5.41) is 0. The maximum Gasteiger partial charge on any atom is 0.340 e. The number of carbonyl (C=O) groups is 1. The molecule has 0 radical (unpaired) electrons. The number of pyridine rings is 1. The first kappa shape index (κ1) is 18.4. The van der Waals surface area contributed by atoms with Crippen LogP contribution in [0.5, 0.6) is 11.5 Å². The molecule has 0 N–H and O–H groups in total. The normalized spacial score (nSPS) is 10.3. The molecule has 0 aliphatic carbocycles. The Balaban J connectivity index is 1.71. The van der Waals surface area contributed by atoms with Gasteiger partial charge in [0.05, 0.1) is 25.5 Å². The van der Waals surface area contributed by atoms with Crippen molar-refractivity contribution in [2.75, 3.05) is 14.2 Å². The lowest BCUT2D eigenvalue weighted by molar-refractivity contribution is 0.0472. The molecule has 0 bridgehead atoms. The number of nitrogens with zero attached hydrogens (tertiary/aromatic N) is 1. The zero-order valence-electron chi connectivity index (χ0n) is 14.9. The average Bonchev–Trinajstić information content (AvgIpc) is 2.72. The van der Waals surface area contributed by atoms with E-state index in [0.29, 0.717) is 28.3 Å². The standard InChI is InChI=1S/C21H18FNO4/c1-25-17-8-9-18(20(11-17)26-2)19-10-5-15(12-23-19)21(24)27-13-14-3-6-16(22)7-4-14/h3-12H,13H2,1-2H3. The molecule has 0 unspecified atom stereocenters. The Morgan fingerprint density at radius 2 is 1.78 bits per heavy atom. The lowest BCUT2D eigenvalue weighted by Gasteiger charge is -2.10. The monoisotopic (exact) mass is 367 g/mol. The van der Waals surface area contributed by atoms with E-state index in [-0.39, 0.29) is 12.4 Å². The quantitative estimate of drug-likeness (QED) is 0.609. The van der Waals surface area contributed by atoms with E-state index in [0.717, 1.165) is 5.56 Å². The topological polar surface area (TPSA) is 57.7 Å². The molecule has 0 saturated carbocycles. The number of esters is 1. The summed E-state index contributed by atoms with van der Waals surface area (Å²) in [7, 11) is 3.15. The summed E-state index contributed by atoms with van der Waals surface area (Å²) >= 11 is 0. The first-order valence-electron chi connectivity index (χ1n) is 8.20.